The molecule has 1 aromatic rings. The van der Waals surface area contributed by atoms with Crippen LogP contribution < -0.4 is 0 Å². The highest BCUT2D eigenvalue weighted by Crippen LogP contribution is 2.39. The second-order valence-electron chi connectivity index (χ2n) is 7.70. The van der Waals surface area contributed by atoms with E-state index in [0.29, 0.717) is 6.42 Å². The topological polar surface area (TPSA) is 45.7 Å². The van der Waals surface area contributed by atoms with Crippen LogP contribution in [-0.2, 0) is 16.1 Å². The van der Waals surface area contributed by atoms with Crippen LogP contribution in [0.1, 0.15) is 58.1 Å². The van der Waals surface area contributed by atoms with E-state index < -0.39 is 0 Å². The van der Waals surface area contributed by atoms with Gasteiger partial charge in [0.25, 0.3) is 0 Å². The van der Waals surface area contributed by atoms with Gasteiger partial charge in [-0.25, -0.2) is 0 Å². The molecule has 144 valence electrons. The van der Waals surface area contributed by atoms with Crippen molar-refractivity contribution >= 4 is 5.91 Å². The van der Waals surface area contributed by atoms with Gasteiger partial charge in [0.15, 0.2) is 0 Å². The lowest BCUT2D eigenvalue weighted by Crippen LogP contribution is -2.47. The molecule has 0 bridgehead atoms. The molecule has 0 unspecified atom stereocenters. The van der Waals surface area contributed by atoms with E-state index in [1.165, 1.54) is 6.42 Å². The summed E-state index contributed by atoms with van der Waals surface area (Å²) < 4.78 is 6.52. The summed E-state index contributed by atoms with van der Waals surface area (Å²) >= 11 is 0. The smallest absolute Gasteiger partial charge is 0.222 e. The molecule has 2 fully saturated rings. The van der Waals surface area contributed by atoms with Crippen LogP contribution in [0.5, 0.6) is 0 Å². The van der Waals surface area contributed by atoms with Gasteiger partial charge < -0.3 is 9.64 Å². The summed E-state index contributed by atoms with van der Waals surface area (Å²) in [5, 5.41) is 0. The van der Waals surface area contributed by atoms with Gasteiger partial charge in [0.05, 0.1) is 17.4 Å². The highest BCUT2D eigenvalue weighted by Gasteiger charge is 2.43. The summed E-state index contributed by atoms with van der Waals surface area (Å²) in [6, 6.07) is 6.11. The average molecular weight is 360 g/mol. The van der Waals surface area contributed by atoms with Crippen LogP contribution in [0.2, 0.25) is 0 Å². The third-order valence-corrected chi connectivity index (χ3v) is 5.87. The maximum atomic E-state index is 12.2. The van der Waals surface area contributed by atoms with Crippen LogP contribution in [0.4, 0.5) is 0 Å². The van der Waals surface area contributed by atoms with Crippen LogP contribution in [0.25, 0.3) is 0 Å². The van der Waals surface area contributed by atoms with E-state index in [4.69, 9.17) is 4.74 Å². The Labute approximate surface area is 157 Å². The molecule has 5 nitrogen and oxygen atoms in total. The lowest BCUT2D eigenvalue weighted by Gasteiger charge is -2.40. The molecule has 1 aromatic heterocycles. The zero-order chi connectivity index (χ0) is 18.4. The maximum Gasteiger partial charge on any atom is 0.222 e. The molecule has 2 aliphatic heterocycles. The summed E-state index contributed by atoms with van der Waals surface area (Å²) in [6.07, 6.45) is 8.11. The van der Waals surface area contributed by atoms with Gasteiger partial charge >= 0.3 is 0 Å². The van der Waals surface area contributed by atoms with Gasteiger partial charge in [-0.3, -0.25) is 14.7 Å². The van der Waals surface area contributed by atoms with E-state index in [1.54, 1.807) is 0 Å². The van der Waals surface area contributed by atoms with Gasteiger partial charge in [0.1, 0.15) is 0 Å². The monoisotopic (exact) mass is 359 g/mol. The number of amides is 1. The number of carbonyl (C=O) groups is 1. The molecule has 0 aliphatic carbocycles. The Morgan fingerprint density at radius 3 is 2.92 bits per heavy atom. The zero-order valence-corrected chi connectivity index (χ0v) is 16.3. The molecule has 5 heteroatoms. The Hall–Kier alpha value is -1.46. The summed E-state index contributed by atoms with van der Waals surface area (Å²) in [7, 11) is 0. The molecule has 0 N–H and O–H groups in total. The second-order valence-corrected chi connectivity index (χ2v) is 7.70. The highest BCUT2D eigenvalue weighted by atomic mass is 16.5. The fourth-order valence-electron chi connectivity index (χ4n) is 4.46. The normalized spacial score (nSPS) is 26.3. The Balaban J connectivity index is 1.49. The number of carbonyl (C=O) groups excluding carboxylic acids is 1. The van der Waals surface area contributed by atoms with Crippen LogP contribution in [-0.4, -0.2) is 58.6 Å². The minimum atomic E-state index is -0.00402. The van der Waals surface area contributed by atoms with Crippen molar-refractivity contribution in [3.8, 4) is 0 Å². The summed E-state index contributed by atoms with van der Waals surface area (Å²) in [6.45, 7) is 8.69. The molecule has 1 amide bonds. The predicted molar refractivity (Wildman–Crippen MR) is 103 cm³/mol. The van der Waals surface area contributed by atoms with Crippen molar-refractivity contribution in [1.82, 2.24) is 14.8 Å². The number of nitrogens with zero attached hydrogens (tertiary/aromatic N) is 3. The van der Waals surface area contributed by atoms with Crippen molar-refractivity contribution in [1.29, 1.82) is 0 Å². The number of hydrogen-bond acceptors (Lipinski definition) is 4. The van der Waals surface area contributed by atoms with Crippen molar-refractivity contribution < 1.29 is 9.53 Å². The number of pyridine rings is 1. The van der Waals surface area contributed by atoms with Gasteiger partial charge in [0, 0.05) is 38.8 Å². The van der Waals surface area contributed by atoms with E-state index in [1.807, 2.05) is 31.0 Å². The Morgan fingerprint density at radius 1 is 1.35 bits per heavy atom. The second kappa shape index (κ2) is 8.96. The van der Waals surface area contributed by atoms with Crippen LogP contribution in [0.3, 0.4) is 0 Å². The SMILES string of the molecule is CCN(CC)C(=O)CC[C@@H]1CC[C@]2(CCCN(Cc3ccccn3)C2)O1. The molecule has 0 saturated carbocycles. The first-order valence-electron chi connectivity index (χ1n) is 10.2. The molecule has 0 radical (unpaired) electrons. The minimum absolute atomic E-state index is 0.00402. The van der Waals surface area contributed by atoms with Gasteiger partial charge in [-0.1, -0.05) is 6.07 Å². The van der Waals surface area contributed by atoms with Crippen molar-refractivity contribution in [2.45, 2.75) is 70.6 Å². The Morgan fingerprint density at radius 2 is 2.19 bits per heavy atom. The van der Waals surface area contributed by atoms with Gasteiger partial charge in [-0.05, 0) is 64.6 Å². The fourth-order valence-corrected chi connectivity index (χ4v) is 4.46. The molecule has 3 heterocycles. The summed E-state index contributed by atoms with van der Waals surface area (Å²) in [4.78, 5) is 21.1. The largest absolute Gasteiger partial charge is 0.370 e. The van der Waals surface area contributed by atoms with Gasteiger partial charge in [0.2, 0.25) is 5.91 Å². The standard InChI is InChI=1S/C21H33N3O2/c1-3-24(4-2)20(25)10-9-19-11-13-21(26-19)12-7-15-23(17-21)16-18-8-5-6-14-22-18/h5-6,8,14,19H,3-4,7,9-13,15-17H2,1-2H3/t19-,21+/m1/s1. The lowest BCUT2D eigenvalue weighted by atomic mass is 9.89. The summed E-state index contributed by atoms with van der Waals surface area (Å²) in [5.74, 6) is 0.264. The first kappa shape index (κ1) is 19.3. The van der Waals surface area contributed by atoms with Gasteiger partial charge in [-0.2, -0.15) is 0 Å². The molecule has 3 rings (SSSR count). The highest BCUT2D eigenvalue weighted by molar-refractivity contribution is 5.76. The van der Waals surface area contributed by atoms with Gasteiger partial charge in [-0.15, -0.1) is 0 Å². The minimum Gasteiger partial charge on any atom is -0.370 e. The van der Waals surface area contributed by atoms with E-state index >= 15 is 0 Å². The van der Waals surface area contributed by atoms with Crippen molar-refractivity contribution in [2.24, 2.45) is 0 Å². The maximum absolute atomic E-state index is 12.2. The molecule has 1 spiro atoms. The summed E-state index contributed by atoms with van der Waals surface area (Å²) in [5.41, 5.74) is 1.12. The quantitative estimate of drug-likeness (QED) is 0.750. The van der Waals surface area contributed by atoms with E-state index in [9.17, 15) is 4.79 Å². The molecule has 26 heavy (non-hydrogen) atoms. The van der Waals surface area contributed by atoms with Crippen LogP contribution in [0, 0.1) is 0 Å². The fraction of sp³-hybridized carbons (Fsp3) is 0.714. The number of hydrogen-bond donors (Lipinski definition) is 0. The van der Waals surface area contributed by atoms with Crippen LogP contribution >= 0.6 is 0 Å². The molecular weight excluding hydrogens is 326 g/mol. The third-order valence-electron chi connectivity index (χ3n) is 5.87. The molecular formula is C21H33N3O2. The Bertz CT molecular complexity index is 576. The van der Waals surface area contributed by atoms with Crippen molar-refractivity contribution in [2.75, 3.05) is 26.2 Å². The first-order valence-corrected chi connectivity index (χ1v) is 10.2. The van der Waals surface area contributed by atoms with Crippen LogP contribution in [0.15, 0.2) is 24.4 Å². The number of piperidine rings is 1. The Kier molecular flexibility index (Phi) is 6.65. The van der Waals surface area contributed by atoms with E-state index in [0.717, 1.165) is 64.1 Å². The van der Waals surface area contributed by atoms with Crippen molar-refractivity contribution in [3.63, 3.8) is 0 Å². The van der Waals surface area contributed by atoms with E-state index in [2.05, 4.69) is 22.0 Å². The molecule has 2 atom stereocenters. The number of aromatic nitrogens is 1. The lowest BCUT2D eigenvalue weighted by molar-refractivity contribution is -0.132. The predicted octanol–water partition coefficient (Wildman–Crippen LogP) is 3.24. The number of ether oxygens (including phenoxy) is 1. The zero-order valence-electron chi connectivity index (χ0n) is 16.3. The third kappa shape index (κ3) is 4.83. The van der Waals surface area contributed by atoms with Crippen molar-refractivity contribution in [3.05, 3.63) is 30.1 Å². The molecule has 2 aliphatic rings. The van der Waals surface area contributed by atoms with E-state index in [-0.39, 0.29) is 17.6 Å². The number of likely N-dealkylation sites (tertiary alicyclic amines) is 1. The molecule has 0 aromatic carbocycles. The number of rotatable bonds is 7. The average Bonchev–Trinajstić information content (AvgIpc) is 3.04. The molecule has 2 saturated heterocycles. The first-order chi connectivity index (χ1) is 12.6.